The van der Waals surface area contributed by atoms with Crippen molar-refractivity contribution < 1.29 is 59.1 Å². The molecule has 438 valence electrons. The molecule has 0 unspecified atom stereocenters. The van der Waals surface area contributed by atoms with Gasteiger partial charge in [-0.3, -0.25) is 19.5 Å². The molecule has 0 aliphatic heterocycles. The van der Waals surface area contributed by atoms with E-state index < -0.39 is 21.8 Å². The lowest BCUT2D eigenvalue weighted by Gasteiger charge is -2.20. The Morgan fingerprint density at radius 1 is 0.607 bits per heavy atom. The standard InChI is InChI=1S/C22H25FN4O4.C17H17FN4O2.C13H11N3O2.C7H8O3S/c1-22(2,3)31-21(28)26-13-16(11-23)14-29-17-4-5-18-19(10-17)30-20(27-18)25-12-15-6-8-24-9-7-15;18-8-13(9-19)11-23-14-1-2-15-16(7-14)24-17(22-15)21-10-12-3-5-20-6-4-12;17-10-1-2-11-12(7-10)18-13(16-11)15-8-9-3-5-14-6-4-9;1-6-2-4-7(5-3-6)11(8,9)10/h4-11H,12-14H2,1-3H3,(H,25,27)(H,26,28);1-8H,9-11,19H2,(H,21,22);1-7,17H,8H2,(H,15,16);2-5H,1H3,(H,8,9,10)/b16-11-;13-8-;;. The lowest BCUT2D eigenvalue weighted by atomic mass is 10.2. The van der Waals surface area contributed by atoms with Gasteiger partial charge in [-0.2, -0.15) is 23.4 Å². The van der Waals surface area contributed by atoms with E-state index in [9.17, 15) is 27.1 Å². The summed E-state index contributed by atoms with van der Waals surface area (Å²) in [7, 11) is -4.02. The minimum absolute atomic E-state index is 0.0287. The molecule has 25 heteroatoms. The number of carbonyl (C=O) groups excluding carboxylic acids is 1. The molecular weight excluding hydrogens is 1110 g/mol. The van der Waals surface area contributed by atoms with Gasteiger partial charge in [-0.25, -0.2) is 13.6 Å². The Kier molecular flexibility index (Phi) is 22.1. The molecule has 8 N–H and O–H groups in total. The summed E-state index contributed by atoms with van der Waals surface area (Å²) in [5, 5.41) is 21.1. The number of benzene rings is 4. The Morgan fingerprint density at radius 2 is 1.01 bits per heavy atom. The third kappa shape index (κ3) is 20.2. The van der Waals surface area contributed by atoms with Crippen LogP contribution in [0.5, 0.6) is 17.2 Å². The highest BCUT2D eigenvalue weighted by atomic mass is 32.2. The van der Waals surface area contributed by atoms with Gasteiger partial charge in [-0.05, 0) is 129 Å². The number of aryl methyl sites for hydroxylation is 1. The van der Waals surface area contributed by atoms with Crippen molar-refractivity contribution in [1.29, 1.82) is 0 Å². The summed E-state index contributed by atoms with van der Waals surface area (Å²) in [6, 6.07) is 33.9. The number of hydrogen-bond acceptors (Lipinski definition) is 20. The molecule has 1 amide bonds. The lowest BCUT2D eigenvalue weighted by Crippen LogP contribution is -2.34. The molecular formula is C59H61F2N11O11S. The number of nitrogens with zero attached hydrogens (tertiary/aromatic N) is 6. The summed E-state index contributed by atoms with van der Waals surface area (Å²) in [6.07, 6.45) is 10.6. The van der Waals surface area contributed by atoms with E-state index in [4.69, 9.17) is 37.7 Å². The molecule has 6 heterocycles. The van der Waals surface area contributed by atoms with Crippen molar-refractivity contribution in [2.75, 3.05) is 42.3 Å². The number of aromatic nitrogens is 6. The van der Waals surface area contributed by atoms with E-state index in [1.165, 1.54) is 12.1 Å². The van der Waals surface area contributed by atoms with Crippen LogP contribution >= 0.6 is 0 Å². The van der Waals surface area contributed by atoms with Gasteiger partial charge in [0.25, 0.3) is 28.2 Å². The number of oxazole rings is 3. The topological polar surface area (TPSA) is 310 Å². The van der Waals surface area contributed by atoms with Crippen LogP contribution in [-0.4, -0.2) is 86.0 Å². The molecule has 0 radical (unpaired) electrons. The molecule has 10 rings (SSSR count). The number of hydrogen-bond donors (Lipinski definition) is 7. The van der Waals surface area contributed by atoms with Crippen LogP contribution in [0.2, 0.25) is 0 Å². The van der Waals surface area contributed by atoms with Crippen LogP contribution in [0, 0.1) is 6.92 Å². The molecule has 0 fully saturated rings. The third-order valence-electron chi connectivity index (χ3n) is 11.3. The second kappa shape index (κ2) is 30.2. The van der Waals surface area contributed by atoms with Crippen LogP contribution in [-0.2, 0) is 34.5 Å². The van der Waals surface area contributed by atoms with Gasteiger partial charge >= 0.3 is 6.09 Å². The van der Waals surface area contributed by atoms with Crippen LogP contribution in [0.4, 0.5) is 31.6 Å². The zero-order valence-corrected chi connectivity index (χ0v) is 46.8. The smallest absolute Gasteiger partial charge is 0.407 e. The van der Waals surface area contributed by atoms with Gasteiger partial charge in [0.2, 0.25) is 0 Å². The average molecular weight is 1170 g/mol. The van der Waals surface area contributed by atoms with Crippen LogP contribution in [0.1, 0.15) is 43.0 Å². The first-order valence-electron chi connectivity index (χ1n) is 25.7. The maximum absolute atomic E-state index is 13.2. The van der Waals surface area contributed by atoms with Gasteiger partial charge in [0.15, 0.2) is 16.7 Å². The number of fused-ring (bicyclic) bond motifs is 3. The number of carbonyl (C=O) groups is 1. The number of anilines is 3. The summed E-state index contributed by atoms with van der Waals surface area (Å²) in [5.74, 6) is 1.22. The molecule has 0 atom stereocenters. The highest BCUT2D eigenvalue weighted by molar-refractivity contribution is 7.85. The molecule has 22 nitrogen and oxygen atoms in total. The van der Waals surface area contributed by atoms with Crippen LogP contribution in [0.3, 0.4) is 0 Å². The monoisotopic (exact) mass is 1170 g/mol. The Hall–Kier alpha value is -9.98. The minimum atomic E-state index is -4.02. The van der Waals surface area contributed by atoms with E-state index in [-0.39, 0.29) is 42.5 Å². The van der Waals surface area contributed by atoms with E-state index in [0.29, 0.717) is 101 Å². The number of nitrogens with two attached hydrogens (primary N) is 1. The van der Waals surface area contributed by atoms with Crippen molar-refractivity contribution in [3.8, 4) is 17.2 Å². The number of ether oxygens (including phenoxy) is 3. The fourth-order valence-corrected chi connectivity index (χ4v) is 7.46. The summed E-state index contributed by atoms with van der Waals surface area (Å²) in [4.78, 5) is 36.5. The Labute approximate surface area is 481 Å². The number of phenols is 1. The highest BCUT2D eigenvalue weighted by Crippen LogP contribution is 2.27. The highest BCUT2D eigenvalue weighted by Gasteiger charge is 2.17. The van der Waals surface area contributed by atoms with Crippen LogP contribution in [0.25, 0.3) is 33.3 Å². The minimum Gasteiger partial charge on any atom is -0.508 e. The van der Waals surface area contributed by atoms with E-state index in [0.717, 1.165) is 22.3 Å². The van der Waals surface area contributed by atoms with Gasteiger partial charge in [0.1, 0.15) is 52.6 Å². The number of halogens is 2. The largest absolute Gasteiger partial charge is 0.508 e. The third-order valence-corrected chi connectivity index (χ3v) is 12.1. The molecule has 0 saturated heterocycles. The van der Waals surface area contributed by atoms with Crippen molar-refractivity contribution >= 4 is 67.6 Å². The normalized spacial score (nSPS) is 11.5. The van der Waals surface area contributed by atoms with Crippen LogP contribution < -0.4 is 36.5 Å². The van der Waals surface area contributed by atoms with E-state index in [2.05, 4.69) is 51.2 Å². The first-order chi connectivity index (χ1) is 40.4. The maximum atomic E-state index is 13.2. The van der Waals surface area contributed by atoms with E-state index in [1.54, 1.807) is 125 Å². The quantitative estimate of drug-likeness (QED) is 0.0370. The summed E-state index contributed by atoms with van der Waals surface area (Å²) >= 11 is 0. The van der Waals surface area contributed by atoms with Crippen molar-refractivity contribution in [2.24, 2.45) is 5.73 Å². The van der Waals surface area contributed by atoms with Crippen molar-refractivity contribution in [1.82, 2.24) is 35.2 Å². The second-order valence-electron chi connectivity index (χ2n) is 19.1. The maximum Gasteiger partial charge on any atom is 0.407 e. The predicted molar refractivity (Wildman–Crippen MR) is 312 cm³/mol. The molecule has 0 bridgehead atoms. The predicted octanol–water partition coefficient (Wildman–Crippen LogP) is 11.4. The van der Waals surface area contributed by atoms with Gasteiger partial charge in [-0.1, -0.05) is 17.7 Å². The molecule has 0 spiro atoms. The molecule has 0 aliphatic rings. The van der Waals surface area contributed by atoms with E-state index >= 15 is 0 Å². The van der Waals surface area contributed by atoms with Crippen molar-refractivity contribution in [3.63, 3.8) is 0 Å². The molecule has 0 aliphatic carbocycles. The number of alkyl carbamates (subject to hydrolysis) is 1. The van der Waals surface area contributed by atoms with Gasteiger partial charge < -0.3 is 59.6 Å². The number of phenolic OH excluding ortho intramolecular Hbond substituents is 1. The summed E-state index contributed by atoms with van der Waals surface area (Å²) < 4.78 is 88.3. The molecule has 10 aromatic rings. The molecule has 6 aromatic heterocycles. The number of nitrogens with one attached hydrogen (secondary N) is 4. The Bertz CT molecular complexity index is 3860. The lowest BCUT2D eigenvalue weighted by molar-refractivity contribution is 0.0531. The molecule has 0 saturated carbocycles. The first-order valence-corrected chi connectivity index (χ1v) is 27.2. The van der Waals surface area contributed by atoms with Crippen molar-refractivity contribution in [3.05, 3.63) is 199 Å². The fraction of sp³-hybridized carbons (Fsp3) is 0.203. The number of rotatable bonds is 19. The summed E-state index contributed by atoms with van der Waals surface area (Å²) in [5.41, 5.74) is 13.3. The summed E-state index contributed by atoms with van der Waals surface area (Å²) in [6.45, 7) is 8.98. The molecule has 4 aromatic carbocycles. The van der Waals surface area contributed by atoms with Gasteiger partial charge in [0.05, 0.1) is 17.6 Å². The van der Waals surface area contributed by atoms with Gasteiger partial charge in [0, 0.05) is 99.3 Å². The SMILES string of the molecule is CC(C)(C)OC(=O)NC/C(=C/F)COc1ccc2nc(NCc3ccncc3)oc2c1.Cc1ccc(S(=O)(=O)O)cc1.NC/C(=C/F)COc1ccc2nc(NCc3ccncc3)oc2c1.Oc1ccc2nc(NCc3ccncc3)oc2c1. The number of aromatic hydroxyl groups is 1. The number of amides is 1. The molecule has 84 heavy (non-hydrogen) atoms. The zero-order valence-electron chi connectivity index (χ0n) is 46.0. The number of pyridine rings is 3. The van der Waals surface area contributed by atoms with E-state index in [1.807, 2.05) is 43.3 Å². The second-order valence-corrected chi connectivity index (χ2v) is 20.5. The Morgan fingerprint density at radius 3 is 1.40 bits per heavy atom. The average Bonchev–Trinajstić information content (AvgIpc) is 3.96. The Balaban J connectivity index is 0.000000170. The van der Waals surface area contributed by atoms with Gasteiger partial charge in [-0.15, -0.1) is 0 Å². The van der Waals surface area contributed by atoms with Crippen molar-refractivity contribution in [2.45, 2.75) is 57.8 Å². The zero-order chi connectivity index (χ0) is 59.9. The fourth-order valence-electron chi connectivity index (χ4n) is 6.98. The van der Waals surface area contributed by atoms with Crippen LogP contribution in [0.15, 0.2) is 194 Å². The first kappa shape index (κ1) is 61.6.